The summed E-state index contributed by atoms with van der Waals surface area (Å²) >= 11 is 5.84. The Kier molecular flexibility index (Phi) is 5.70. The van der Waals surface area contributed by atoms with Gasteiger partial charge in [-0.3, -0.25) is 9.59 Å². The first-order chi connectivity index (χ1) is 11.0. The van der Waals surface area contributed by atoms with Crippen LogP contribution in [0, 0.1) is 13.8 Å². The zero-order chi connectivity index (χ0) is 16.8. The number of nitrogens with one attached hydrogen (secondary N) is 2. The summed E-state index contributed by atoms with van der Waals surface area (Å²) in [4.78, 5) is 27.6. The lowest BCUT2D eigenvalue weighted by molar-refractivity contribution is -0.136. The Morgan fingerprint density at radius 3 is 2.70 bits per heavy atom. The van der Waals surface area contributed by atoms with E-state index >= 15 is 0 Å². The van der Waals surface area contributed by atoms with Crippen LogP contribution in [-0.2, 0) is 16.0 Å². The fraction of sp³-hybridized carbons (Fsp3) is 0.333. The normalized spacial score (nSPS) is 10.4. The summed E-state index contributed by atoms with van der Waals surface area (Å²) in [7, 11) is 0. The number of carbonyl (C=O) groups is 2. The number of rotatable bonds is 5. The maximum absolute atomic E-state index is 11.8. The molecule has 23 heavy (non-hydrogen) atoms. The summed E-state index contributed by atoms with van der Waals surface area (Å²) in [5.74, 6) is -0.329. The molecule has 2 amide bonds. The summed E-state index contributed by atoms with van der Waals surface area (Å²) in [5.41, 5.74) is 1.33. The molecule has 0 spiro atoms. The van der Waals surface area contributed by atoms with E-state index in [1.165, 1.54) is 0 Å². The molecule has 0 saturated carbocycles. The van der Waals surface area contributed by atoms with Crippen LogP contribution in [0.25, 0.3) is 0 Å². The first-order valence-electron chi connectivity index (χ1n) is 7.10. The van der Waals surface area contributed by atoms with Crippen LogP contribution in [0.1, 0.15) is 23.7 Å². The molecule has 1 heterocycles. The third-order valence-corrected chi connectivity index (χ3v) is 3.30. The average molecular weight is 337 g/mol. The van der Waals surface area contributed by atoms with Gasteiger partial charge in [0, 0.05) is 23.7 Å². The molecule has 0 aliphatic heterocycles. The number of anilines is 1. The summed E-state index contributed by atoms with van der Waals surface area (Å²) in [6.45, 7) is 3.87. The molecule has 1 aromatic carbocycles. The number of nitrogens with zero attached hydrogens (tertiary/aromatic N) is 2. The molecule has 2 rings (SSSR count). The molecule has 1 aromatic heterocycles. The van der Waals surface area contributed by atoms with Gasteiger partial charge < -0.3 is 15.2 Å². The molecular formula is C15H17ClN4O3. The number of halogens is 1. The second-order valence-electron chi connectivity index (χ2n) is 5.01. The number of hydrogen-bond donors (Lipinski definition) is 2. The second-order valence-corrected chi connectivity index (χ2v) is 5.44. The Balaban J connectivity index is 1.75. The number of hydrogen-bond acceptors (Lipinski definition) is 5. The fourth-order valence-corrected chi connectivity index (χ4v) is 2.14. The van der Waals surface area contributed by atoms with Crippen molar-refractivity contribution in [3.8, 4) is 0 Å². The van der Waals surface area contributed by atoms with Gasteiger partial charge in [-0.05, 0) is 44.0 Å². The molecule has 0 aliphatic carbocycles. The predicted molar refractivity (Wildman–Crippen MR) is 85.2 cm³/mol. The molecule has 0 unspecified atom stereocenters. The van der Waals surface area contributed by atoms with Gasteiger partial charge in [-0.2, -0.15) is 4.98 Å². The van der Waals surface area contributed by atoms with Gasteiger partial charge in [0.25, 0.3) is 0 Å². The third kappa shape index (κ3) is 5.07. The highest BCUT2D eigenvalue weighted by Gasteiger charge is 2.14. The van der Waals surface area contributed by atoms with E-state index < -0.39 is 11.8 Å². The highest BCUT2D eigenvalue weighted by molar-refractivity contribution is 6.39. The van der Waals surface area contributed by atoms with Crippen molar-refractivity contribution in [1.82, 2.24) is 15.5 Å². The molecule has 0 atom stereocenters. The van der Waals surface area contributed by atoms with Gasteiger partial charge in [-0.1, -0.05) is 16.8 Å². The molecular weight excluding hydrogens is 320 g/mol. The first kappa shape index (κ1) is 17.0. The van der Waals surface area contributed by atoms with Gasteiger partial charge in [-0.25, -0.2) is 0 Å². The van der Waals surface area contributed by atoms with Crippen LogP contribution in [0.5, 0.6) is 0 Å². The van der Waals surface area contributed by atoms with E-state index in [0.717, 1.165) is 5.56 Å². The van der Waals surface area contributed by atoms with Crippen molar-refractivity contribution in [2.24, 2.45) is 0 Å². The SMILES string of the molecule is Cc1noc(CCCNC(=O)C(=O)Nc2ccc(Cl)cc2C)n1. The van der Waals surface area contributed by atoms with Crippen molar-refractivity contribution in [1.29, 1.82) is 0 Å². The predicted octanol–water partition coefficient (Wildman–Crippen LogP) is 2.03. The van der Waals surface area contributed by atoms with Gasteiger partial charge in [0.15, 0.2) is 5.82 Å². The third-order valence-electron chi connectivity index (χ3n) is 3.07. The minimum atomic E-state index is -0.718. The lowest BCUT2D eigenvalue weighted by Gasteiger charge is -2.08. The highest BCUT2D eigenvalue weighted by atomic mass is 35.5. The van der Waals surface area contributed by atoms with Crippen molar-refractivity contribution in [3.05, 3.63) is 40.5 Å². The maximum atomic E-state index is 11.8. The van der Waals surface area contributed by atoms with Crippen molar-refractivity contribution < 1.29 is 14.1 Å². The van der Waals surface area contributed by atoms with Crippen LogP contribution in [0.15, 0.2) is 22.7 Å². The van der Waals surface area contributed by atoms with E-state index in [1.807, 2.05) is 0 Å². The topological polar surface area (TPSA) is 97.1 Å². The molecule has 0 radical (unpaired) electrons. The molecule has 2 aromatic rings. The van der Waals surface area contributed by atoms with E-state index in [9.17, 15) is 9.59 Å². The smallest absolute Gasteiger partial charge is 0.313 e. The molecule has 2 N–H and O–H groups in total. The molecule has 8 heteroatoms. The zero-order valence-electron chi connectivity index (χ0n) is 12.9. The Morgan fingerprint density at radius 2 is 2.04 bits per heavy atom. The molecule has 0 aliphatic rings. The molecule has 0 bridgehead atoms. The number of amides is 2. The van der Waals surface area contributed by atoms with Gasteiger partial charge in [0.1, 0.15) is 0 Å². The first-order valence-corrected chi connectivity index (χ1v) is 7.48. The lowest BCUT2D eigenvalue weighted by atomic mass is 10.2. The second kappa shape index (κ2) is 7.73. The average Bonchev–Trinajstić information content (AvgIpc) is 2.91. The Labute approximate surface area is 138 Å². The fourth-order valence-electron chi connectivity index (χ4n) is 1.91. The van der Waals surface area contributed by atoms with Crippen molar-refractivity contribution in [3.63, 3.8) is 0 Å². The quantitative estimate of drug-likeness (QED) is 0.643. The monoisotopic (exact) mass is 336 g/mol. The van der Waals surface area contributed by atoms with Crippen molar-refractivity contribution >= 4 is 29.1 Å². The van der Waals surface area contributed by atoms with E-state index in [4.69, 9.17) is 16.1 Å². The minimum Gasteiger partial charge on any atom is -0.348 e. The number of aryl methyl sites for hydroxylation is 3. The standard InChI is InChI=1S/C15H17ClN4O3/c1-9-8-11(16)5-6-12(9)19-15(22)14(21)17-7-3-4-13-18-10(2)20-23-13/h5-6,8H,3-4,7H2,1-2H3,(H,17,21)(H,19,22). The largest absolute Gasteiger partial charge is 0.348 e. The van der Waals surface area contributed by atoms with Gasteiger partial charge in [0.05, 0.1) is 0 Å². The highest BCUT2D eigenvalue weighted by Crippen LogP contribution is 2.19. The Bertz CT molecular complexity index is 714. The maximum Gasteiger partial charge on any atom is 0.313 e. The van der Waals surface area contributed by atoms with Crippen LogP contribution >= 0.6 is 11.6 Å². The van der Waals surface area contributed by atoms with Crippen molar-refractivity contribution in [2.75, 3.05) is 11.9 Å². The Hall–Kier alpha value is -2.41. The van der Waals surface area contributed by atoms with Crippen LogP contribution in [0.4, 0.5) is 5.69 Å². The number of benzene rings is 1. The van der Waals surface area contributed by atoms with E-state index in [2.05, 4.69) is 20.8 Å². The number of aromatic nitrogens is 2. The van der Waals surface area contributed by atoms with Crippen LogP contribution in [-0.4, -0.2) is 28.5 Å². The Morgan fingerprint density at radius 1 is 1.26 bits per heavy atom. The summed E-state index contributed by atoms with van der Waals surface area (Å²) in [6.07, 6.45) is 1.14. The summed E-state index contributed by atoms with van der Waals surface area (Å²) in [6, 6.07) is 5.01. The van der Waals surface area contributed by atoms with Gasteiger partial charge in [0.2, 0.25) is 5.89 Å². The van der Waals surface area contributed by atoms with Gasteiger partial charge in [-0.15, -0.1) is 0 Å². The van der Waals surface area contributed by atoms with Crippen LogP contribution < -0.4 is 10.6 Å². The van der Waals surface area contributed by atoms with E-state index in [0.29, 0.717) is 41.8 Å². The zero-order valence-corrected chi connectivity index (χ0v) is 13.6. The minimum absolute atomic E-state index is 0.341. The van der Waals surface area contributed by atoms with Crippen LogP contribution in [0.2, 0.25) is 5.02 Å². The van der Waals surface area contributed by atoms with Crippen LogP contribution in [0.3, 0.4) is 0 Å². The van der Waals surface area contributed by atoms with E-state index in [1.54, 1.807) is 32.0 Å². The molecule has 122 valence electrons. The lowest BCUT2D eigenvalue weighted by Crippen LogP contribution is -2.36. The summed E-state index contributed by atoms with van der Waals surface area (Å²) < 4.78 is 4.96. The molecule has 7 nitrogen and oxygen atoms in total. The molecule has 0 fully saturated rings. The van der Waals surface area contributed by atoms with E-state index in [-0.39, 0.29) is 0 Å². The number of carbonyl (C=O) groups excluding carboxylic acids is 2. The summed E-state index contributed by atoms with van der Waals surface area (Å²) in [5, 5.41) is 9.34. The van der Waals surface area contributed by atoms with Crippen molar-refractivity contribution in [2.45, 2.75) is 26.7 Å². The van der Waals surface area contributed by atoms with Gasteiger partial charge >= 0.3 is 11.8 Å². The molecule has 0 saturated heterocycles.